The van der Waals surface area contributed by atoms with Crippen molar-refractivity contribution >= 4 is 0 Å². The van der Waals surface area contributed by atoms with Gasteiger partial charge in [0.1, 0.15) is 0 Å². The van der Waals surface area contributed by atoms with Gasteiger partial charge < -0.3 is 10.4 Å². The Morgan fingerprint density at radius 1 is 1.62 bits per heavy atom. The van der Waals surface area contributed by atoms with Crippen LogP contribution in [0.25, 0.3) is 0 Å². The normalized spacial score (nSPS) is 30.4. The Kier molecular flexibility index (Phi) is 2.30. The molecule has 8 heavy (non-hydrogen) atoms. The van der Waals surface area contributed by atoms with E-state index in [0.29, 0.717) is 12.6 Å². The second-order valence-corrected chi connectivity index (χ2v) is 2.33. The summed E-state index contributed by atoms with van der Waals surface area (Å²) in [6.45, 7) is 1.39. The van der Waals surface area contributed by atoms with Crippen LogP contribution in [0.5, 0.6) is 0 Å². The fourth-order valence-electron chi connectivity index (χ4n) is 1.08. The van der Waals surface area contributed by atoms with E-state index < -0.39 is 0 Å². The Balaban J connectivity index is 0.000000640. The molecule has 1 saturated heterocycles. The molecular formula is C6H15NO. The standard InChI is InChI=1S/C6H13NO.H2/c8-5-6-3-1-2-4-7-6;/h6-8H,1-5H2;1H. The number of aliphatic hydroxyl groups excluding tert-OH is 1. The van der Waals surface area contributed by atoms with E-state index in [9.17, 15) is 0 Å². The van der Waals surface area contributed by atoms with Crippen LogP contribution in [0.3, 0.4) is 0 Å². The summed E-state index contributed by atoms with van der Waals surface area (Å²) in [5.41, 5.74) is 0. The Morgan fingerprint density at radius 3 is 2.88 bits per heavy atom. The van der Waals surface area contributed by atoms with Gasteiger partial charge in [0, 0.05) is 7.47 Å². The maximum Gasteiger partial charge on any atom is 0.0584 e. The van der Waals surface area contributed by atoms with Crippen LogP contribution in [0.4, 0.5) is 0 Å². The lowest BCUT2D eigenvalue weighted by atomic mass is 10.1. The van der Waals surface area contributed by atoms with Gasteiger partial charge in [0.05, 0.1) is 6.61 Å². The van der Waals surface area contributed by atoms with Gasteiger partial charge in [-0.2, -0.15) is 0 Å². The molecule has 0 aromatic heterocycles. The van der Waals surface area contributed by atoms with Gasteiger partial charge in [-0.05, 0) is 19.4 Å². The molecular weight excluding hydrogens is 102 g/mol. The topological polar surface area (TPSA) is 32.3 Å². The minimum Gasteiger partial charge on any atom is -0.395 e. The number of hydrogen-bond donors (Lipinski definition) is 2. The van der Waals surface area contributed by atoms with Crippen LogP contribution in [0.2, 0.25) is 0 Å². The molecule has 2 heteroatoms. The molecule has 0 saturated carbocycles. The van der Waals surface area contributed by atoms with Crippen molar-refractivity contribution in [3.8, 4) is 0 Å². The molecule has 0 spiro atoms. The highest BCUT2D eigenvalue weighted by atomic mass is 16.3. The van der Waals surface area contributed by atoms with E-state index in [1.54, 1.807) is 0 Å². The van der Waals surface area contributed by atoms with Gasteiger partial charge in [-0.3, -0.25) is 0 Å². The highest BCUT2D eigenvalue weighted by molar-refractivity contribution is 4.69. The van der Waals surface area contributed by atoms with Crippen molar-refractivity contribution in [2.75, 3.05) is 13.2 Å². The predicted molar refractivity (Wildman–Crippen MR) is 34.8 cm³/mol. The number of nitrogens with one attached hydrogen (secondary N) is 1. The zero-order valence-corrected chi connectivity index (χ0v) is 5.06. The monoisotopic (exact) mass is 117 g/mol. The number of piperidine rings is 1. The molecule has 1 aliphatic rings. The predicted octanol–water partition coefficient (Wildman–Crippen LogP) is 0.367. The molecule has 0 amide bonds. The summed E-state index contributed by atoms with van der Waals surface area (Å²) in [7, 11) is 0. The first-order valence-corrected chi connectivity index (χ1v) is 3.27. The van der Waals surface area contributed by atoms with E-state index in [0.717, 1.165) is 13.0 Å². The average molecular weight is 117 g/mol. The van der Waals surface area contributed by atoms with Gasteiger partial charge >= 0.3 is 0 Å². The van der Waals surface area contributed by atoms with Crippen molar-refractivity contribution in [3.63, 3.8) is 0 Å². The summed E-state index contributed by atoms with van der Waals surface area (Å²) in [6.07, 6.45) is 3.70. The third kappa shape index (κ3) is 1.46. The van der Waals surface area contributed by atoms with E-state index in [1.807, 2.05) is 0 Å². The third-order valence-electron chi connectivity index (χ3n) is 1.63. The molecule has 2 N–H and O–H groups in total. The molecule has 1 rings (SSSR count). The lowest BCUT2D eigenvalue weighted by Crippen LogP contribution is -2.36. The van der Waals surface area contributed by atoms with Gasteiger partial charge in [0.15, 0.2) is 0 Å². The maximum absolute atomic E-state index is 8.63. The molecule has 0 radical (unpaired) electrons. The Morgan fingerprint density at radius 2 is 2.50 bits per heavy atom. The molecule has 1 fully saturated rings. The first-order chi connectivity index (χ1) is 3.93. The van der Waals surface area contributed by atoms with Crippen LogP contribution in [-0.2, 0) is 0 Å². The summed E-state index contributed by atoms with van der Waals surface area (Å²) in [5, 5.41) is 11.8. The van der Waals surface area contributed by atoms with E-state index in [1.165, 1.54) is 12.8 Å². The second-order valence-electron chi connectivity index (χ2n) is 2.33. The summed E-state index contributed by atoms with van der Waals surface area (Å²) in [4.78, 5) is 0. The quantitative estimate of drug-likeness (QED) is 0.520. The van der Waals surface area contributed by atoms with Crippen LogP contribution in [0.1, 0.15) is 20.7 Å². The van der Waals surface area contributed by atoms with Crippen LogP contribution < -0.4 is 5.32 Å². The van der Waals surface area contributed by atoms with Crippen LogP contribution in [0.15, 0.2) is 0 Å². The molecule has 1 unspecified atom stereocenters. The molecule has 50 valence electrons. The number of aliphatic hydroxyl groups is 1. The third-order valence-corrected chi connectivity index (χ3v) is 1.63. The highest BCUT2D eigenvalue weighted by Gasteiger charge is 2.09. The van der Waals surface area contributed by atoms with Gasteiger partial charge in [-0.1, -0.05) is 6.42 Å². The Bertz CT molecular complexity index is 64.1. The molecule has 0 aromatic rings. The van der Waals surface area contributed by atoms with Crippen molar-refractivity contribution in [1.82, 2.24) is 5.32 Å². The van der Waals surface area contributed by atoms with E-state index in [-0.39, 0.29) is 1.43 Å². The SMILES string of the molecule is OCC1CCCCN1.[HH]. The maximum atomic E-state index is 8.63. The zero-order valence-electron chi connectivity index (χ0n) is 5.06. The highest BCUT2D eigenvalue weighted by Crippen LogP contribution is 2.04. The molecule has 0 bridgehead atoms. The molecule has 2 nitrogen and oxygen atoms in total. The number of rotatable bonds is 1. The van der Waals surface area contributed by atoms with Crippen molar-refractivity contribution in [1.29, 1.82) is 0 Å². The summed E-state index contributed by atoms with van der Waals surface area (Å²) in [6, 6.07) is 0.392. The first kappa shape index (κ1) is 6.05. The summed E-state index contributed by atoms with van der Waals surface area (Å²) < 4.78 is 0. The van der Waals surface area contributed by atoms with Crippen LogP contribution in [-0.4, -0.2) is 24.3 Å². The smallest absolute Gasteiger partial charge is 0.0584 e. The van der Waals surface area contributed by atoms with E-state index >= 15 is 0 Å². The molecule has 1 aliphatic heterocycles. The molecule has 0 aromatic carbocycles. The summed E-state index contributed by atoms with van der Waals surface area (Å²) in [5.74, 6) is 0. The lowest BCUT2D eigenvalue weighted by molar-refractivity contribution is 0.220. The van der Waals surface area contributed by atoms with Gasteiger partial charge in [-0.25, -0.2) is 0 Å². The van der Waals surface area contributed by atoms with E-state index in [4.69, 9.17) is 5.11 Å². The lowest BCUT2D eigenvalue weighted by Gasteiger charge is -2.20. The van der Waals surface area contributed by atoms with Crippen molar-refractivity contribution < 1.29 is 6.53 Å². The van der Waals surface area contributed by atoms with Gasteiger partial charge in [0.25, 0.3) is 0 Å². The molecule has 1 heterocycles. The van der Waals surface area contributed by atoms with Crippen molar-refractivity contribution in [2.24, 2.45) is 0 Å². The van der Waals surface area contributed by atoms with Gasteiger partial charge in [-0.15, -0.1) is 0 Å². The first-order valence-electron chi connectivity index (χ1n) is 3.27. The minimum absolute atomic E-state index is 0. The second kappa shape index (κ2) is 3.05. The van der Waals surface area contributed by atoms with Crippen LogP contribution >= 0.6 is 0 Å². The van der Waals surface area contributed by atoms with Crippen LogP contribution in [0, 0.1) is 0 Å². The Hall–Kier alpha value is -0.0800. The van der Waals surface area contributed by atoms with Gasteiger partial charge in [0.2, 0.25) is 0 Å². The largest absolute Gasteiger partial charge is 0.395 e. The fraction of sp³-hybridized carbons (Fsp3) is 1.00. The number of hydrogen-bond acceptors (Lipinski definition) is 2. The van der Waals surface area contributed by atoms with Crippen molar-refractivity contribution in [3.05, 3.63) is 0 Å². The van der Waals surface area contributed by atoms with Crippen molar-refractivity contribution in [2.45, 2.75) is 25.3 Å². The fourth-order valence-corrected chi connectivity index (χ4v) is 1.08. The molecule has 1 atom stereocenters. The minimum atomic E-state index is 0. The Labute approximate surface area is 51.4 Å². The zero-order chi connectivity index (χ0) is 5.82. The summed E-state index contributed by atoms with van der Waals surface area (Å²) >= 11 is 0. The van der Waals surface area contributed by atoms with E-state index in [2.05, 4.69) is 5.32 Å². The molecule has 0 aliphatic carbocycles. The average Bonchev–Trinajstić information content (AvgIpc) is 1.90.